The Morgan fingerprint density at radius 2 is 1.21 bits per heavy atom. The van der Waals surface area contributed by atoms with Crippen molar-refractivity contribution in [1.82, 2.24) is 14.8 Å². The number of nitrogens with one attached hydrogen (secondary N) is 2. The highest BCUT2D eigenvalue weighted by Crippen LogP contribution is 2.55. The van der Waals surface area contributed by atoms with Gasteiger partial charge in [-0.2, -0.15) is 0 Å². The van der Waals surface area contributed by atoms with Crippen molar-refractivity contribution in [2.75, 3.05) is 13.1 Å². The second kappa shape index (κ2) is 6.81. The fraction of sp³-hybridized carbons (Fsp3) is 0.368. The van der Waals surface area contributed by atoms with E-state index in [9.17, 15) is 4.57 Å². The lowest BCUT2D eigenvalue weighted by Gasteiger charge is -2.31. The van der Waals surface area contributed by atoms with Gasteiger partial charge in [0.25, 0.3) is 7.59 Å². The molecular formula is C19H24N3OP. The van der Waals surface area contributed by atoms with E-state index >= 15 is 0 Å². The number of benzene rings is 2. The number of hydrogen-bond acceptors (Lipinski definition) is 1. The Morgan fingerprint density at radius 3 is 1.67 bits per heavy atom. The van der Waals surface area contributed by atoms with Gasteiger partial charge in [0.2, 0.25) is 0 Å². The molecule has 2 fully saturated rings. The van der Waals surface area contributed by atoms with Crippen molar-refractivity contribution < 1.29 is 4.57 Å². The molecule has 2 aliphatic rings. The van der Waals surface area contributed by atoms with E-state index in [0.717, 1.165) is 25.9 Å². The molecule has 0 aliphatic carbocycles. The molecule has 0 unspecified atom stereocenters. The van der Waals surface area contributed by atoms with Crippen molar-refractivity contribution in [2.45, 2.75) is 31.3 Å². The molecule has 0 saturated carbocycles. The summed E-state index contributed by atoms with van der Waals surface area (Å²) < 4.78 is 15.8. The van der Waals surface area contributed by atoms with E-state index in [2.05, 4.69) is 39.1 Å². The maximum atomic E-state index is 13.6. The molecule has 4 rings (SSSR count). The largest absolute Gasteiger partial charge is 0.282 e. The third-order valence-electron chi connectivity index (χ3n) is 5.01. The Bertz CT molecular complexity index is 664. The van der Waals surface area contributed by atoms with Crippen molar-refractivity contribution in [1.29, 1.82) is 0 Å². The zero-order valence-corrected chi connectivity index (χ0v) is 14.7. The Kier molecular flexibility index (Phi) is 4.55. The summed E-state index contributed by atoms with van der Waals surface area (Å²) in [5.74, 6) is 0. The molecule has 2 aliphatic heterocycles. The normalized spacial score (nSPS) is 27.2. The summed E-state index contributed by atoms with van der Waals surface area (Å²) in [7, 11) is -2.76. The molecule has 24 heavy (non-hydrogen) atoms. The van der Waals surface area contributed by atoms with Gasteiger partial charge in [0.05, 0.1) is 12.1 Å². The van der Waals surface area contributed by atoms with Gasteiger partial charge in [0.15, 0.2) is 0 Å². The number of piperidine rings is 1. The topological polar surface area (TPSA) is 44.4 Å². The monoisotopic (exact) mass is 341 g/mol. The van der Waals surface area contributed by atoms with Crippen LogP contribution in [-0.2, 0) is 4.57 Å². The van der Waals surface area contributed by atoms with Crippen molar-refractivity contribution in [3.63, 3.8) is 0 Å². The molecule has 2 N–H and O–H groups in total. The minimum absolute atomic E-state index is 0.0151. The molecule has 2 saturated heterocycles. The molecular weight excluding hydrogens is 317 g/mol. The molecule has 2 heterocycles. The minimum atomic E-state index is -2.76. The summed E-state index contributed by atoms with van der Waals surface area (Å²) in [6, 6.07) is 20.7. The van der Waals surface area contributed by atoms with Gasteiger partial charge in [-0.05, 0) is 24.0 Å². The third kappa shape index (κ3) is 3.07. The predicted molar refractivity (Wildman–Crippen MR) is 97.7 cm³/mol. The van der Waals surface area contributed by atoms with Crippen LogP contribution in [0, 0.1) is 0 Å². The smallest absolute Gasteiger partial charge is 0.271 e. The van der Waals surface area contributed by atoms with Gasteiger partial charge in [-0.15, -0.1) is 0 Å². The lowest BCUT2D eigenvalue weighted by Crippen LogP contribution is -2.33. The molecule has 126 valence electrons. The Labute approximate surface area is 143 Å². The fourth-order valence-electron chi connectivity index (χ4n) is 3.74. The summed E-state index contributed by atoms with van der Waals surface area (Å²) in [5, 5.41) is 6.94. The van der Waals surface area contributed by atoms with Gasteiger partial charge in [-0.3, -0.25) is 4.57 Å². The lowest BCUT2D eigenvalue weighted by molar-refractivity contribution is 0.338. The van der Waals surface area contributed by atoms with Crippen LogP contribution < -0.4 is 10.2 Å². The van der Waals surface area contributed by atoms with Gasteiger partial charge in [-0.1, -0.05) is 67.1 Å². The summed E-state index contributed by atoms with van der Waals surface area (Å²) in [4.78, 5) is 0. The standard InChI is InChI=1S/C19H24N3OP/c23-24(22-14-8-3-9-15-22)20-18(16-10-4-1-5-11-16)19(21-24)17-12-6-2-7-13-17/h1-2,4-7,10-13,18-19H,3,8-9,14-15H2,(H2,20,21,23)/t18-,19-/m0/s1. The van der Waals surface area contributed by atoms with Gasteiger partial charge in [-0.25, -0.2) is 14.8 Å². The first-order valence-electron chi connectivity index (χ1n) is 8.77. The quantitative estimate of drug-likeness (QED) is 0.819. The second-order valence-electron chi connectivity index (χ2n) is 6.63. The Balaban J connectivity index is 1.68. The zero-order chi connectivity index (χ0) is 16.4. The van der Waals surface area contributed by atoms with E-state index in [-0.39, 0.29) is 12.1 Å². The second-order valence-corrected chi connectivity index (χ2v) is 8.86. The zero-order valence-electron chi connectivity index (χ0n) is 13.8. The van der Waals surface area contributed by atoms with Crippen LogP contribution in [0.2, 0.25) is 0 Å². The average Bonchev–Trinajstić information content (AvgIpc) is 3.03. The van der Waals surface area contributed by atoms with Crippen molar-refractivity contribution in [2.24, 2.45) is 0 Å². The van der Waals surface area contributed by atoms with Gasteiger partial charge < -0.3 is 0 Å². The molecule has 0 spiro atoms. The number of nitrogens with zero attached hydrogens (tertiary/aromatic N) is 1. The maximum Gasteiger partial charge on any atom is 0.282 e. The van der Waals surface area contributed by atoms with Crippen LogP contribution in [0.4, 0.5) is 0 Å². The van der Waals surface area contributed by atoms with Gasteiger partial charge in [0, 0.05) is 13.1 Å². The minimum Gasteiger partial charge on any atom is -0.271 e. The van der Waals surface area contributed by atoms with E-state index in [0.29, 0.717) is 0 Å². The molecule has 0 aromatic heterocycles. The number of rotatable bonds is 3. The molecule has 0 radical (unpaired) electrons. The van der Waals surface area contributed by atoms with Crippen LogP contribution in [-0.4, -0.2) is 17.8 Å². The van der Waals surface area contributed by atoms with Crippen LogP contribution >= 0.6 is 7.59 Å². The van der Waals surface area contributed by atoms with E-state index < -0.39 is 7.59 Å². The van der Waals surface area contributed by atoms with Crippen LogP contribution in [0.5, 0.6) is 0 Å². The molecule has 2 aromatic carbocycles. The molecule has 2 atom stereocenters. The van der Waals surface area contributed by atoms with Crippen molar-refractivity contribution in [3.8, 4) is 0 Å². The lowest BCUT2D eigenvalue weighted by atomic mass is 9.95. The molecule has 0 amide bonds. The summed E-state index contributed by atoms with van der Waals surface area (Å²) >= 11 is 0. The summed E-state index contributed by atoms with van der Waals surface area (Å²) in [5.41, 5.74) is 2.35. The summed E-state index contributed by atoms with van der Waals surface area (Å²) in [6.45, 7) is 1.81. The highest BCUT2D eigenvalue weighted by atomic mass is 31.2. The average molecular weight is 341 g/mol. The molecule has 4 nitrogen and oxygen atoms in total. The first-order valence-corrected chi connectivity index (χ1v) is 10.4. The van der Waals surface area contributed by atoms with E-state index in [4.69, 9.17) is 0 Å². The Morgan fingerprint density at radius 1 is 0.750 bits per heavy atom. The fourth-order valence-corrected chi connectivity index (χ4v) is 6.34. The van der Waals surface area contributed by atoms with Gasteiger partial charge in [0.1, 0.15) is 0 Å². The highest BCUT2D eigenvalue weighted by Gasteiger charge is 2.45. The first kappa shape index (κ1) is 16.0. The molecule has 5 heteroatoms. The maximum absolute atomic E-state index is 13.6. The third-order valence-corrected chi connectivity index (χ3v) is 7.46. The molecule has 2 aromatic rings. The van der Waals surface area contributed by atoms with E-state index in [1.54, 1.807) is 0 Å². The number of hydrogen-bond donors (Lipinski definition) is 2. The van der Waals surface area contributed by atoms with Crippen LogP contribution in [0.3, 0.4) is 0 Å². The summed E-state index contributed by atoms with van der Waals surface area (Å²) in [6.07, 6.45) is 3.49. The van der Waals surface area contributed by atoms with Crippen LogP contribution in [0.15, 0.2) is 60.7 Å². The highest BCUT2D eigenvalue weighted by molar-refractivity contribution is 7.57. The van der Waals surface area contributed by atoms with Crippen LogP contribution in [0.1, 0.15) is 42.5 Å². The first-order chi connectivity index (χ1) is 11.8. The van der Waals surface area contributed by atoms with E-state index in [1.165, 1.54) is 17.5 Å². The molecule has 0 bridgehead atoms. The predicted octanol–water partition coefficient (Wildman–Crippen LogP) is 4.26. The van der Waals surface area contributed by atoms with E-state index in [1.807, 2.05) is 36.4 Å². The van der Waals surface area contributed by atoms with Crippen molar-refractivity contribution in [3.05, 3.63) is 71.8 Å². The van der Waals surface area contributed by atoms with Crippen LogP contribution in [0.25, 0.3) is 0 Å². The SMILES string of the molecule is O=P1(N2CCCCC2)N[C@@H](c2ccccc2)[C@H](c2ccccc2)N1. The Hall–Kier alpha value is -1.45. The van der Waals surface area contributed by atoms with Gasteiger partial charge >= 0.3 is 0 Å². The van der Waals surface area contributed by atoms with Crippen molar-refractivity contribution >= 4 is 7.59 Å².